The summed E-state index contributed by atoms with van der Waals surface area (Å²) in [6, 6.07) is 1.98. The number of amides is 1. The molecule has 2 N–H and O–H groups in total. The zero-order chi connectivity index (χ0) is 12.7. The van der Waals surface area contributed by atoms with E-state index in [1.54, 1.807) is 18.4 Å². The molecule has 0 unspecified atom stereocenters. The van der Waals surface area contributed by atoms with Crippen LogP contribution in [0.3, 0.4) is 0 Å². The molecule has 0 aliphatic rings. The smallest absolute Gasteiger partial charge is 0.233 e. The van der Waals surface area contributed by atoms with Crippen LogP contribution in [0.4, 0.5) is 0 Å². The van der Waals surface area contributed by atoms with E-state index in [0.29, 0.717) is 6.54 Å². The van der Waals surface area contributed by atoms with Crippen molar-refractivity contribution in [1.82, 2.24) is 10.2 Å². The zero-order valence-electron chi connectivity index (χ0n) is 9.99. The first-order chi connectivity index (χ1) is 8.15. The van der Waals surface area contributed by atoms with E-state index in [2.05, 4.69) is 17.2 Å². The van der Waals surface area contributed by atoms with E-state index in [9.17, 15) is 4.79 Å². The summed E-state index contributed by atoms with van der Waals surface area (Å²) in [6.07, 6.45) is 0. The summed E-state index contributed by atoms with van der Waals surface area (Å²) in [5.74, 6) is 5.46. The number of hydrogen-bond donors (Lipinski definition) is 2. The molecule has 0 atom stereocenters. The number of hydrogen-bond acceptors (Lipinski definition) is 4. The Bertz CT molecular complexity index is 431. The van der Waals surface area contributed by atoms with Gasteiger partial charge in [-0.3, -0.25) is 9.69 Å². The van der Waals surface area contributed by atoms with Crippen LogP contribution in [0.5, 0.6) is 0 Å². The minimum Gasteiger partial charge on any atom is -0.384 e. The van der Waals surface area contributed by atoms with Crippen LogP contribution in [0.15, 0.2) is 11.4 Å². The highest BCUT2D eigenvalue weighted by molar-refractivity contribution is 7.10. The molecule has 17 heavy (non-hydrogen) atoms. The Kier molecular flexibility index (Phi) is 5.70. The lowest BCUT2D eigenvalue weighted by atomic mass is 10.3. The third-order valence-electron chi connectivity index (χ3n) is 2.08. The van der Waals surface area contributed by atoms with Crippen molar-refractivity contribution < 1.29 is 9.90 Å². The van der Waals surface area contributed by atoms with Crippen LogP contribution in [0.2, 0.25) is 0 Å². The van der Waals surface area contributed by atoms with Crippen molar-refractivity contribution >= 4 is 17.2 Å². The fourth-order valence-corrected chi connectivity index (χ4v) is 2.21. The maximum Gasteiger partial charge on any atom is 0.233 e. The minimum atomic E-state index is -0.123. The van der Waals surface area contributed by atoms with Crippen LogP contribution in [0.1, 0.15) is 10.4 Å². The van der Waals surface area contributed by atoms with Crippen LogP contribution in [-0.4, -0.2) is 43.2 Å². The molecule has 0 bridgehead atoms. The third kappa shape index (κ3) is 5.00. The van der Waals surface area contributed by atoms with Gasteiger partial charge in [-0.05, 0) is 13.1 Å². The number of rotatable bonds is 4. The molecular formula is C12H16N2O2S. The molecular weight excluding hydrogens is 236 g/mol. The first kappa shape index (κ1) is 13.7. The maximum absolute atomic E-state index is 11.2. The Morgan fingerprint density at radius 1 is 1.65 bits per heavy atom. The molecule has 0 fully saturated rings. The second kappa shape index (κ2) is 7.07. The molecule has 0 saturated heterocycles. The summed E-state index contributed by atoms with van der Waals surface area (Å²) in [6.45, 7) is 0.979. The predicted octanol–water partition coefficient (Wildman–Crippen LogP) is 0.270. The van der Waals surface area contributed by atoms with Crippen LogP contribution in [0.25, 0.3) is 0 Å². The molecule has 1 heterocycles. The molecule has 0 aliphatic heterocycles. The van der Waals surface area contributed by atoms with Crippen LogP contribution >= 0.6 is 11.3 Å². The Morgan fingerprint density at radius 2 is 2.41 bits per heavy atom. The largest absolute Gasteiger partial charge is 0.384 e. The Morgan fingerprint density at radius 3 is 3.06 bits per heavy atom. The van der Waals surface area contributed by atoms with Gasteiger partial charge in [0, 0.05) is 29.4 Å². The van der Waals surface area contributed by atoms with Crippen LogP contribution in [-0.2, 0) is 11.3 Å². The average Bonchev–Trinajstić information content (AvgIpc) is 2.73. The van der Waals surface area contributed by atoms with E-state index in [1.165, 1.54) is 0 Å². The van der Waals surface area contributed by atoms with Crippen molar-refractivity contribution in [3.8, 4) is 11.8 Å². The molecule has 0 aliphatic carbocycles. The van der Waals surface area contributed by atoms with Gasteiger partial charge in [-0.2, -0.15) is 0 Å². The van der Waals surface area contributed by atoms with Crippen molar-refractivity contribution in [2.45, 2.75) is 6.54 Å². The number of nitrogens with zero attached hydrogens (tertiary/aromatic N) is 1. The lowest BCUT2D eigenvalue weighted by Crippen LogP contribution is -2.32. The molecule has 1 aromatic rings. The topological polar surface area (TPSA) is 52.6 Å². The van der Waals surface area contributed by atoms with Crippen molar-refractivity contribution in [1.29, 1.82) is 0 Å². The summed E-state index contributed by atoms with van der Waals surface area (Å²) < 4.78 is 0. The summed E-state index contributed by atoms with van der Waals surface area (Å²) >= 11 is 1.61. The van der Waals surface area contributed by atoms with E-state index in [4.69, 9.17) is 5.11 Å². The van der Waals surface area contributed by atoms with Gasteiger partial charge in [0.15, 0.2) is 0 Å². The molecule has 1 amide bonds. The molecule has 0 spiro atoms. The van der Waals surface area contributed by atoms with Gasteiger partial charge in [-0.25, -0.2) is 0 Å². The van der Waals surface area contributed by atoms with Gasteiger partial charge in [0.2, 0.25) is 5.91 Å². The van der Waals surface area contributed by atoms with Crippen molar-refractivity contribution in [3.63, 3.8) is 0 Å². The van der Waals surface area contributed by atoms with E-state index < -0.39 is 0 Å². The minimum absolute atomic E-state index is 0.00403. The lowest BCUT2D eigenvalue weighted by Gasteiger charge is -2.13. The number of aliphatic hydroxyl groups is 1. The van der Waals surface area contributed by atoms with Crippen molar-refractivity contribution in [3.05, 3.63) is 21.9 Å². The van der Waals surface area contributed by atoms with Gasteiger partial charge in [0.05, 0.1) is 6.54 Å². The molecule has 0 aromatic carbocycles. The molecule has 5 heteroatoms. The molecule has 0 radical (unpaired) electrons. The molecule has 1 aromatic heterocycles. The van der Waals surface area contributed by atoms with Gasteiger partial charge in [-0.15, -0.1) is 11.3 Å². The Hall–Kier alpha value is -1.35. The molecule has 0 saturated carbocycles. The highest BCUT2D eigenvalue weighted by atomic mass is 32.1. The number of aliphatic hydroxyl groups excluding tert-OH is 1. The van der Waals surface area contributed by atoms with E-state index >= 15 is 0 Å². The summed E-state index contributed by atoms with van der Waals surface area (Å²) in [7, 11) is 3.53. The fourth-order valence-electron chi connectivity index (χ4n) is 1.32. The monoisotopic (exact) mass is 252 g/mol. The third-order valence-corrected chi connectivity index (χ3v) is 3.01. The fraction of sp³-hybridized carbons (Fsp3) is 0.417. The van der Waals surface area contributed by atoms with Crippen molar-refractivity contribution in [2.75, 3.05) is 27.2 Å². The van der Waals surface area contributed by atoms with Gasteiger partial charge >= 0.3 is 0 Å². The standard InChI is InChI=1S/C12H16N2O2S/c1-13-12(16)8-14(2)7-11-6-10(9-17-11)4-3-5-15/h6,9,15H,5,7-8H2,1-2H3,(H,13,16). The summed E-state index contributed by atoms with van der Waals surface area (Å²) in [4.78, 5) is 14.2. The number of carbonyl (C=O) groups is 1. The first-order valence-corrected chi connectivity index (χ1v) is 6.10. The number of carbonyl (C=O) groups excluding carboxylic acids is 1. The number of nitrogens with one attached hydrogen (secondary N) is 1. The quantitative estimate of drug-likeness (QED) is 0.756. The van der Waals surface area contributed by atoms with E-state index in [1.807, 2.05) is 23.4 Å². The van der Waals surface area contributed by atoms with Gasteiger partial charge in [0.25, 0.3) is 0 Å². The highest BCUT2D eigenvalue weighted by Gasteiger charge is 2.06. The van der Waals surface area contributed by atoms with Crippen LogP contribution < -0.4 is 5.32 Å². The second-order valence-corrected chi connectivity index (χ2v) is 4.60. The summed E-state index contributed by atoms with van der Waals surface area (Å²) in [5.41, 5.74) is 0.910. The van der Waals surface area contributed by atoms with Gasteiger partial charge < -0.3 is 10.4 Å². The maximum atomic E-state index is 11.2. The van der Waals surface area contributed by atoms with Gasteiger partial charge in [0.1, 0.15) is 6.61 Å². The summed E-state index contributed by atoms with van der Waals surface area (Å²) in [5, 5.41) is 13.1. The Balaban J connectivity index is 2.51. The molecule has 92 valence electrons. The second-order valence-electron chi connectivity index (χ2n) is 3.61. The normalized spacial score (nSPS) is 9.88. The van der Waals surface area contributed by atoms with E-state index in [-0.39, 0.29) is 12.5 Å². The van der Waals surface area contributed by atoms with Crippen molar-refractivity contribution in [2.24, 2.45) is 0 Å². The predicted molar refractivity (Wildman–Crippen MR) is 68.7 cm³/mol. The first-order valence-electron chi connectivity index (χ1n) is 5.22. The number of thiophene rings is 1. The number of likely N-dealkylation sites (N-methyl/N-ethyl adjacent to an activating group) is 2. The van der Waals surface area contributed by atoms with Gasteiger partial charge in [-0.1, -0.05) is 11.8 Å². The zero-order valence-corrected chi connectivity index (χ0v) is 10.8. The molecule has 4 nitrogen and oxygen atoms in total. The highest BCUT2D eigenvalue weighted by Crippen LogP contribution is 2.15. The lowest BCUT2D eigenvalue weighted by molar-refractivity contribution is -0.121. The SMILES string of the molecule is CNC(=O)CN(C)Cc1cc(C#CCO)cs1. The average molecular weight is 252 g/mol. The Labute approximate surface area is 105 Å². The van der Waals surface area contributed by atoms with E-state index in [0.717, 1.165) is 17.0 Å². The van der Waals surface area contributed by atoms with Crippen LogP contribution in [0, 0.1) is 11.8 Å². The molecule has 1 rings (SSSR count).